The molecule has 0 unspecified atom stereocenters. The third-order valence-electron chi connectivity index (χ3n) is 4.59. The molecule has 0 aliphatic carbocycles. The molecule has 1 aromatic heterocycles. The number of anilines is 2. The number of nitro benzene ring substituents is 1. The van der Waals surface area contributed by atoms with Gasteiger partial charge < -0.3 is 4.98 Å². The number of aromatic amines is 1. The van der Waals surface area contributed by atoms with Crippen molar-refractivity contribution < 1.29 is 13.3 Å². The van der Waals surface area contributed by atoms with Crippen LogP contribution in [0.1, 0.15) is 5.56 Å². The highest BCUT2D eigenvalue weighted by atomic mass is 35.5. The SMILES string of the molecule is O=[N+]([O-])c1ccc(N/N=C/c2c[nH]c3ccccc23)c(S(=O)(=O)Nc2ccccc2Cl)c1. The summed E-state index contributed by atoms with van der Waals surface area (Å²) in [6, 6.07) is 17.3. The quantitative estimate of drug-likeness (QED) is 0.200. The fourth-order valence-electron chi connectivity index (χ4n) is 3.06. The van der Waals surface area contributed by atoms with Crippen LogP contribution in [0.5, 0.6) is 0 Å². The summed E-state index contributed by atoms with van der Waals surface area (Å²) in [6.45, 7) is 0. The number of aromatic nitrogens is 1. The summed E-state index contributed by atoms with van der Waals surface area (Å²) >= 11 is 6.05. The molecule has 162 valence electrons. The zero-order valence-corrected chi connectivity index (χ0v) is 17.9. The molecule has 0 radical (unpaired) electrons. The van der Waals surface area contributed by atoms with Crippen molar-refractivity contribution in [1.82, 2.24) is 4.98 Å². The highest BCUT2D eigenvalue weighted by Crippen LogP contribution is 2.30. The van der Waals surface area contributed by atoms with Gasteiger partial charge in [-0.15, -0.1) is 0 Å². The average molecular weight is 470 g/mol. The molecule has 0 spiro atoms. The Labute approximate surface area is 187 Å². The smallest absolute Gasteiger partial charge is 0.270 e. The van der Waals surface area contributed by atoms with Gasteiger partial charge in [-0.2, -0.15) is 5.10 Å². The van der Waals surface area contributed by atoms with Crippen LogP contribution in [0.2, 0.25) is 5.02 Å². The fraction of sp³-hybridized carbons (Fsp3) is 0. The normalized spacial score (nSPS) is 11.7. The maximum atomic E-state index is 13.0. The molecule has 9 nitrogen and oxygen atoms in total. The first-order chi connectivity index (χ1) is 15.3. The van der Waals surface area contributed by atoms with Gasteiger partial charge in [-0.05, 0) is 24.3 Å². The van der Waals surface area contributed by atoms with Gasteiger partial charge in [-0.25, -0.2) is 8.42 Å². The second-order valence-electron chi connectivity index (χ2n) is 6.68. The summed E-state index contributed by atoms with van der Waals surface area (Å²) in [5.74, 6) is 0. The van der Waals surface area contributed by atoms with E-state index in [2.05, 4.69) is 20.2 Å². The maximum absolute atomic E-state index is 13.0. The third-order valence-corrected chi connectivity index (χ3v) is 6.33. The van der Waals surface area contributed by atoms with Gasteiger partial charge in [0.2, 0.25) is 0 Å². The summed E-state index contributed by atoms with van der Waals surface area (Å²) in [5, 5.41) is 16.5. The van der Waals surface area contributed by atoms with Gasteiger partial charge in [0.05, 0.1) is 27.5 Å². The Morgan fingerprint density at radius 2 is 1.78 bits per heavy atom. The highest BCUT2D eigenvalue weighted by Gasteiger charge is 2.23. The number of fused-ring (bicyclic) bond motifs is 1. The van der Waals surface area contributed by atoms with Crippen molar-refractivity contribution in [3.05, 3.63) is 93.6 Å². The zero-order valence-electron chi connectivity index (χ0n) is 16.3. The fourth-order valence-corrected chi connectivity index (χ4v) is 4.55. The van der Waals surface area contributed by atoms with Crippen molar-refractivity contribution in [2.75, 3.05) is 10.1 Å². The molecule has 0 aliphatic heterocycles. The number of hydrogen-bond acceptors (Lipinski definition) is 6. The molecule has 0 amide bonds. The number of halogens is 1. The largest absolute Gasteiger partial charge is 0.361 e. The second-order valence-corrected chi connectivity index (χ2v) is 8.74. The monoisotopic (exact) mass is 469 g/mol. The number of para-hydroxylation sites is 2. The standard InChI is InChI=1S/C21H16ClN5O4S/c22-17-6-2-4-8-19(17)26-32(30,31)21-11-15(27(28)29)9-10-20(21)25-24-13-14-12-23-18-7-3-1-5-16(14)18/h1-13,23,25-26H/b24-13+. The van der Waals surface area contributed by atoms with Gasteiger partial charge >= 0.3 is 0 Å². The molecule has 0 saturated carbocycles. The number of nitro groups is 1. The lowest BCUT2D eigenvalue weighted by Gasteiger charge is -2.12. The van der Waals surface area contributed by atoms with Crippen LogP contribution in [0.15, 0.2) is 82.9 Å². The van der Waals surface area contributed by atoms with Crippen LogP contribution in [0, 0.1) is 10.1 Å². The first-order valence-electron chi connectivity index (χ1n) is 9.26. The molecule has 4 rings (SSSR count). The van der Waals surface area contributed by atoms with Crippen LogP contribution in [-0.4, -0.2) is 24.5 Å². The Bertz CT molecular complexity index is 1450. The molecule has 32 heavy (non-hydrogen) atoms. The van der Waals surface area contributed by atoms with Crippen molar-refractivity contribution >= 4 is 55.8 Å². The minimum Gasteiger partial charge on any atom is -0.361 e. The molecule has 4 aromatic rings. The van der Waals surface area contributed by atoms with Crippen LogP contribution in [0.25, 0.3) is 10.9 Å². The topological polar surface area (TPSA) is 129 Å². The molecule has 1 heterocycles. The number of benzene rings is 3. The first kappa shape index (κ1) is 21.3. The number of nitrogens with one attached hydrogen (secondary N) is 3. The van der Waals surface area contributed by atoms with E-state index in [1.807, 2.05) is 24.3 Å². The van der Waals surface area contributed by atoms with Crippen molar-refractivity contribution in [2.24, 2.45) is 5.10 Å². The van der Waals surface area contributed by atoms with Crippen molar-refractivity contribution in [3.63, 3.8) is 0 Å². The van der Waals surface area contributed by atoms with Crippen LogP contribution in [-0.2, 0) is 10.0 Å². The Balaban J connectivity index is 1.68. The number of nitrogens with zero attached hydrogens (tertiary/aromatic N) is 2. The molecular formula is C21H16ClN5O4S. The van der Waals surface area contributed by atoms with E-state index in [0.29, 0.717) is 0 Å². The van der Waals surface area contributed by atoms with Crippen molar-refractivity contribution in [3.8, 4) is 0 Å². The molecule has 0 bridgehead atoms. The summed E-state index contributed by atoms with van der Waals surface area (Å²) in [6.07, 6.45) is 3.29. The van der Waals surface area contributed by atoms with Crippen LogP contribution >= 0.6 is 11.6 Å². The van der Waals surface area contributed by atoms with Crippen LogP contribution in [0.3, 0.4) is 0 Å². The molecule has 0 aliphatic rings. The Kier molecular flexibility index (Phi) is 5.80. The Hall–Kier alpha value is -3.89. The minimum absolute atomic E-state index is 0.0613. The number of non-ortho nitro benzene ring substituents is 1. The number of hydrogen-bond donors (Lipinski definition) is 3. The number of H-pyrrole nitrogens is 1. The molecule has 0 saturated heterocycles. The predicted octanol–water partition coefficient (Wildman–Crippen LogP) is 4.98. The molecule has 3 aromatic carbocycles. The molecular weight excluding hydrogens is 454 g/mol. The maximum Gasteiger partial charge on any atom is 0.270 e. The second kappa shape index (κ2) is 8.69. The van der Waals surface area contributed by atoms with E-state index in [-0.39, 0.29) is 27.0 Å². The van der Waals surface area contributed by atoms with Gasteiger partial charge in [-0.1, -0.05) is 41.9 Å². The van der Waals surface area contributed by atoms with Crippen molar-refractivity contribution in [1.29, 1.82) is 0 Å². The third kappa shape index (κ3) is 4.41. The number of hydrazone groups is 1. The summed E-state index contributed by atoms with van der Waals surface area (Å²) in [4.78, 5) is 13.3. The molecule has 3 N–H and O–H groups in total. The summed E-state index contributed by atoms with van der Waals surface area (Å²) in [7, 11) is -4.22. The molecule has 11 heteroatoms. The van der Waals surface area contributed by atoms with E-state index in [9.17, 15) is 18.5 Å². The molecule has 0 fully saturated rings. The van der Waals surface area contributed by atoms with Gasteiger partial charge in [0.15, 0.2) is 0 Å². The predicted molar refractivity (Wildman–Crippen MR) is 125 cm³/mol. The zero-order chi connectivity index (χ0) is 22.7. The van der Waals surface area contributed by atoms with Crippen LogP contribution in [0.4, 0.5) is 17.1 Å². The lowest BCUT2D eigenvalue weighted by Crippen LogP contribution is -2.15. The summed E-state index contributed by atoms with van der Waals surface area (Å²) < 4.78 is 28.4. The average Bonchev–Trinajstić information content (AvgIpc) is 3.18. The van der Waals surface area contributed by atoms with E-state index >= 15 is 0 Å². The van der Waals surface area contributed by atoms with Crippen molar-refractivity contribution in [2.45, 2.75) is 4.90 Å². The van der Waals surface area contributed by atoms with Gasteiger partial charge in [0.1, 0.15) is 4.90 Å². The van der Waals surface area contributed by atoms with E-state index in [4.69, 9.17) is 11.6 Å². The molecule has 0 atom stereocenters. The Morgan fingerprint density at radius 1 is 1.03 bits per heavy atom. The van der Waals surface area contributed by atoms with Gasteiger partial charge in [0, 0.05) is 34.8 Å². The lowest BCUT2D eigenvalue weighted by atomic mass is 10.2. The van der Waals surface area contributed by atoms with Gasteiger partial charge in [-0.3, -0.25) is 20.3 Å². The Morgan fingerprint density at radius 3 is 2.56 bits per heavy atom. The van der Waals surface area contributed by atoms with Gasteiger partial charge in [0.25, 0.3) is 15.7 Å². The minimum atomic E-state index is -4.22. The van der Waals surface area contributed by atoms with E-state index in [0.717, 1.165) is 22.5 Å². The van der Waals surface area contributed by atoms with Crippen LogP contribution < -0.4 is 10.1 Å². The van der Waals surface area contributed by atoms with E-state index in [1.54, 1.807) is 18.3 Å². The highest BCUT2D eigenvalue weighted by molar-refractivity contribution is 7.93. The first-order valence-corrected chi connectivity index (χ1v) is 11.1. The lowest BCUT2D eigenvalue weighted by molar-refractivity contribution is -0.385. The van der Waals surface area contributed by atoms with E-state index in [1.165, 1.54) is 30.5 Å². The number of rotatable bonds is 7. The number of sulfonamides is 1. The summed E-state index contributed by atoms with van der Waals surface area (Å²) in [5.41, 5.74) is 4.21. The van der Waals surface area contributed by atoms with E-state index < -0.39 is 14.9 Å².